The maximum absolute atomic E-state index is 6.35. The minimum atomic E-state index is 0.788. The van der Waals surface area contributed by atoms with Gasteiger partial charge in [-0.25, -0.2) is 0 Å². The van der Waals surface area contributed by atoms with E-state index in [9.17, 15) is 0 Å². The van der Waals surface area contributed by atoms with Crippen LogP contribution in [0.4, 0.5) is 0 Å². The van der Waals surface area contributed by atoms with E-state index in [0.29, 0.717) is 0 Å². The molecule has 4 heterocycles. The number of nitrogens with zero attached hydrogens (tertiary/aromatic N) is 2. The summed E-state index contributed by atoms with van der Waals surface area (Å²) in [7, 11) is 0. The van der Waals surface area contributed by atoms with E-state index in [4.69, 9.17) is 18.8 Å². The lowest BCUT2D eigenvalue weighted by molar-refractivity contribution is 0.668. The Morgan fingerprint density at radius 1 is 0.368 bits per heavy atom. The lowest BCUT2D eigenvalue weighted by atomic mass is 9.91. The molecule has 0 aliphatic carbocycles. The van der Waals surface area contributed by atoms with Gasteiger partial charge in [0.25, 0.3) is 0 Å². The zero-order chi connectivity index (χ0) is 25.1. The Hall–Kier alpha value is -5.22. The zero-order valence-corrected chi connectivity index (χ0v) is 20.3. The average Bonchev–Trinajstić information content (AvgIpc) is 3.56. The Kier molecular flexibility index (Phi) is 4.49. The smallest absolute Gasteiger partial charge is 0.161 e. The van der Waals surface area contributed by atoms with Crippen LogP contribution in [0.1, 0.15) is 0 Å². The summed E-state index contributed by atoms with van der Waals surface area (Å²) >= 11 is 0. The van der Waals surface area contributed by atoms with Gasteiger partial charge in [0.2, 0.25) is 0 Å². The topological polar surface area (TPSA) is 52.1 Å². The molecule has 0 atom stereocenters. The molecule has 38 heavy (non-hydrogen) atoms. The van der Waals surface area contributed by atoms with Crippen molar-refractivity contribution in [2.45, 2.75) is 0 Å². The number of aromatic nitrogens is 2. The van der Waals surface area contributed by atoms with Gasteiger partial charge in [-0.05, 0) is 35.4 Å². The predicted octanol–water partition coefficient (Wildman–Crippen LogP) is 9.28. The Balaban J connectivity index is 1.39. The molecule has 0 spiro atoms. The number of benzene rings is 4. The van der Waals surface area contributed by atoms with Gasteiger partial charge in [0.1, 0.15) is 22.6 Å². The van der Waals surface area contributed by atoms with Crippen LogP contribution in [-0.4, -0.2) is 9.97 Å². The number of hydrogen-bond donors (Lipinski definition) is 0. The molecule has 0 amide bonds. The third kappa shape index (κ3) is 3.04. The van der Waals surface area contributed by atoms with E-state index >= 15 is 0 Å². The van der Waals surface area contributed by atoms with Crippen molar-refractivity contribution >= 4 is 43.9 Å². The molecule has 0 unspecified atom stereocenters. The van der Waals surface area contributed by atoms with Crippen LogP contribution in [0.5, 0.6) is 0 Å². The van der Waals surface area contributed by atoms with Gasteiger partial charge < -0.3 is 8.83 Å². The van der Waals surface area contributed by atoms with Crippen LogP contribution in [-0.2, 0) is 0 Å². The molecule has 0 radical (unpaired) electrons. The highest BCUT2D eigenvalue weighted by atomic mass is 16.3. The van der Waals surface area contributed by atoms with Crippen molar-refractivity contribution in [2.75, 3.05) is 0 Å². The predicted molar refractivity (Wildman–Crippen MR) is 153 cm³/mol. The lowest BCUT2D eigenvalue weighted by Gasteiger charge is -2.14. The number of para-hydroxylation sites is 2. The van der Waals surface area contributed by atoms with E-state index in [1.165, 1.54) is 0 Å². The molecular weight excluding hydrogens is 468 g/mol. The van der Waals surface area contributed by atoms with Crippen LogP contribution in [0.25, 0.3) is 77.5 Å². The molecule has 4 aromatic heterocycles. The summed E-state index contributed by atoms with van der Waals surface area (Å²) in [6.45, 7) is 0. The fraction of sp³-hybridized carbons (Fsp3) is 0. The first-order valence-corrected chi connectivity index (χ1v) is 12.6. The van der Waals surface area contributed by atoms with Gasteiger partial charge in [0.15, 0.2) is 11.2 Å². The number of hydrogen-bond acceptors (Lipinski definition) is 4. The van der Waals surface area contributed by atoms with Crippen molar-refractivity contribution in [1.82, 2.24) is 9.97 Å². The zero-order valence-electron chi connectivity index (χ0n) is 20.3. The van der Waals surface area contributed by atoms with Crippen LogP contribution in [0.3, 0.4) is 0 Å². The fourth-order valence-electron chi connectivity index (χ4n) is 5.54. The minimum Gasteiger partial charge on any atom is -0.454 e. The first kappa shape index (κ1) is 20.9. The van der Waals surface area contributed by atoms with E-state index in [1.54, 1.807) is 0 Å². The van der Waals surface area contributed by atoms with E-state index in [1.807, 2.05) is 73.1 Å². The number of pyridine rings is 2. The Bertz CT molecular complexity index is 2000. The first-order valence-electron chi connectivity index (χ1n) is 12.6. The minimum absolute atomic E-state index is 0.788. The Morgan fingerprint density at radius 2 is 0.763 bits per heavy atom. The molecule has 0 bridgehead atoms. The SMILES string of the molecule is c1ccc(-c2nccc3c2oc2ccccc23)c(-c2ccccc2-c2nccc3c2oc2ccccc23)c1. The number of fused-ring (bicyclic) bond motifs is 6. The van der Waals surface area contributed by atoms with Crippen LogP contribution < -0.4 is 0 Å². The summed E-state index contributed by atoms with van der Waals surface area (Å²) in [5.74, 6) is 0. The van der Waals surface area contributed by atoms with Gasteiger partial charge in [0, 0.05) is 45.1 Å². The van der Waals surface area contributed by atoms with Crippen LogP contribution >= 0.6 is 0 Å². The summed E-state index contributed by atoms with van der Waals surface area (Å²) in [6.07, 6.45) is 3.72. The normalized spacial score (nSPS) is 11.7. The quantitative estimate of drug-likeness (QED) is 0.249. The molecule has 0 saturated heterocycles. The molecule has 0 aliphatic heterocycles. The van der Waals surface area contributed by atoms with Gasteiger partial charge >= 0.3 is 0 Å². The summed E-state index contributed by atoms with van der Waals surface area (Å²) in [5, 5.41) is 4.29. The fourth-order valence-corrected chi connectivity index (χ4v) is 5.54. The molecule has 178 valence electrons. The van der Waals surface area contributed by atoms with E-state index < -0.39 is 0 Å². The van der Waals surface area contributed by atoms with Crippen molar-refractivity contribution in [1.29, 1.82) is 0 Å². The summed E-state index contributed by atoms with van der Waals surface area (Å²) < 4.78 is 12.7. The van der Waals surface area contributed by atoms with Gasteiger partial charge in [-0.2, -0.15) is 0 Å². The summed E-state index contributed by atoms with van der Waals surface area (Å²) in [5.41, 5.74) is 9.04. The molecule has 0 aliphatic rings. The maximum atomic E-state index is 6.35. The van der Waals surface area contributed by atoms with Crippen LogP contribution in [0.2, 0.25) is 0 Å². The number of rotatable bonds is 3. The highest BCUT2D eigenvalue weighted by Gasteiger charge is 2.20. The molecule has 0 saturated carbocycles. The molecule has 8 aromatic rings. The molecule has 8 rings (SSSR count). The van der Waals surface area contributed by atoms with Crippen LogP contribution in [0, 0.1) is 0 Å². The Morgan fingerprint density at radius 3 is 1.24 bits per heavy atom. The lowest BCUT2D eigenvalue weighted by Crippen LogP contribution is -1.92. The maximum Gasteiger partial charge on any atom is 0.161 e. The second kappa shape index (κ2) is 8.15. The molecule has 4 aromatic carbocycles. The van der Waals surface area contributed by atoms with Crippen molar-refractivity contribution in [2.24, 2.45) is 0 Å². The highest BCUT2D eigenvalue weighted by Crippen LogP contribution is 2.43. The number of furan rings is 2. The Labute approximate surface area is 217 Å². The molecule has 4 heteroatoms. The molecule has 4 nitrogen and oxygen atoms in total. The van der Waals surface area contributed by atoms with Crippen molar-refractivity contribution in [3.05, 3.63) is 122 Å². The van der Waals surface area contributed by atoms with Crippen LogP contribution in [0.15, 0.2) is 130 Å². The molecule has 0 N–H and O–H groups in total. The molecular formula is C34H20N2O2. The first-order chi connectivity index (χ1) is 18.9. The van der Waals surface area contributed by atoms with Crippen molar-refractivity contribution in [3.63, 3.8) is 0 Å². The summed E-state index contributed by atoms with van der Waals surface area (Å²) in [6, 6.07) is 37.0. The largest absolute Gasteiger partial charge is 0.454 e. The monoisotopic (exact) mass is 488 g/mol. The van der Waals surface area contributed by atoms with E-state index in [0.717, 1.165) is 77.5 Å². The van der Waals surface area contributed by atoms with Crippen molar-refractivity contribution < 1.29 is 8.83 Å². The third-order valence-electron chi connectivity index (χ3n) is 7.24. The van der Waals surface area contributed by atoms with Gasteiger partial charge in [-0.15, -0.1) is 0 Å². The van der Waals surface area contributed by atoms with Gasteiger partial charge in [-0.3, -0.25) is 9.97 Å². The van der Waals surface area contributed by atoms with E-state index in [-0.39, 0.29) is 0 Å². The standard InChI is InChI=1S/C34H20N2O2/c1-3-13-25(31-33-27(17-19-35-31)23-11-5-7-15-29(23)37-33)21(9-1)22-10-2-4-14-26(22)32-34-28(18-20-36-32)24-12-6-8-16-30(24)38-34/h1-20H. The van der Waals surface area contributed by atoms with Gasteiger partial charge in [0.05, 0.1) is 0 Å². The molecule has 0 fully saturated rings. The van der Waals surface area contributed by atoms with E-state index in [2.05, 4.69) is 48.5 Å². The van der Waals surface area contributed by atoms with Crippen molar-refractivity contribution in [3.8, 4) is 33.6 Å². The second-order valence-corrected chi connectivity index (χ2v) is 9.36. The van der Waals surface area contributed by atoms with Gasteiger partial charge in [-0.1, -0.05) is 84.9 Å². The second-order valence-electron chi connectivity index (χ2n) is 9.36. The summed E-state index contributed by atoms with van der Waals surface area (Å²) in [4.78, 5) is 9.62. The highest BCUT2D eigenvalue weighted by molar-refractivity contribution is 6.11. The average molecular weight is 489 g/mol. The third-order valence-corrected chi connectivity index (χ3v) is 7.24.